The van der Waals surface area contributed by atoms with E-state index >= 15 is 0 Å². The van der Waals surface area contributed by atoms with Crippen LogP contribution in [-0.4, -0.2) is 19.3 Å². The summed E-state index contributed by atoms with van der Waals surface area (Å²) in [6.07, 6.45) is 1.84. The first-order chi connectivity index (χ1) is 27.3. The first-order valence-electron chi connectivity index (χ1n) is 18.6. The molecule has 0 atom stereocenters. The van der Waals surface area contributed by atoms with Crippen molar-refractivity contribution in [3.63, 3.8) is 0 Å². The molecule has 0 saturated carbocycles. The molecule has 0 unspecified atom stereocenters. The van der Waals surface area contributed by atoms with Gasteiger partial charge in [0.15, 0.2) is 0 Å². The van der Waals surface area contributed by atoms with Crippen molar-refractivity contribution in [2.75, 3.05) is 0 Å². The van der Waals surface area contributed by atoms with Crippen molar-refractivity contribution in [3.05, 3.63) is 180 Å². The maximum absolute atomic E-state index is 6.68. The van der Waals surface area contributed by atoms with Gasteiger partial charge in [0, 0.05) is 34.5 Å². The fourth-order valence-electron chi connectivity index (χ4n) is 7.45. The maximum atomic E-state index is 6.68. The topological polar surface area (TPSA) is 63.3 Å². The Bertz CT molecular complexity index is 2830. The first kappa shape index (κ1) is 37.5. The summed E-state index contributed by atoms with van der Waals surface area (Å²) in [5, 5.41) is 7.28. The number of hydrogen-bond acceptors (Lipinski definition) is 5. The van der Waals surface area contributed by atoms with E-state index in [-0.39, 0.29) is 21.1 Å². The third-order valence-electron chi connectivity index (χ3n) is 9.96. The van der Waals surface area contributed by atoms with Gasteiger partial charge in [-0.2, -0.15) is 17.2 Å². The Balaban J connectivity index is 0.00000455. The Kier molecular flexibility index (Phi) is 10.3. The molecule has 3 heterocycles. The third kappa shape index (κ3) is 7.11. The number of hydrogen-bond donors (Lipinski definition) is 0. The van der Waals surface area contributed by atoms with E-state index in [1.165, 1.54) is 0 Å². The molecule has 0 aliphatic carbocycles. The van der Waals surface area contributed by atoms with Crippen molar-refractivity contribution < 1.29 is 35.3 Å². The molecule has 0 saturated heterocycles. The second kappa shape index (κ2) is 15.6. The molecule has 0 N–H and O–H groups in total. The van der Waals surface area contributed by atoms with Crippen LogP contribution in [0, 0.1) is 46.8 Å². The van der Waals surface area contributed by atoms with Gasteiger partial charge < -0.3 is 18.8 Å². The fourth-order valence-corrected chi connectivity index (χ4v) is 7.45. The summed E-state index contributed by atoms with van der Waals surface area (Å²) < 4.78 is 23.9. The number of aromatic nitrogens is 4. The average Bonchev–Trinajstić information content (AvgIpc) is 3.70. The summed E-state index contributed by atoms with van der Waals surface area (Å²) >= 11 is 0. The maximum Gasteiger partial charge on any atom is 2.00 e. The number of para-hydroxylation sites is 3. The molecule has 0 fully saturated rings. The third-order valence-corrected chi connectivity index (χ3v) is 9.96. The number of pyridine rings is 1. The summed E-state index contributed by atoms with van der Waals surface area (Å²) in [6, 6.07) is 51.1. The van der Waals surface area contributed by atoms with Crippen LogP contribution in [0.4, 0.5) is 0 Å². The minimum Gasteiger partial charge on any atom is -0.509 e. The van der Waals surface area contributed by atoms with Gasteiger partial charge in [-0.25, -0.2) is 4.98 Å². The van der Waals surface area contributed by atoms with E-state index in [0.29, 0.717) is 23.0 Å². The Morgan fingerprint density at radius 1 is 0.561 bits per heavy atom. The normalized spacial score (nSPS) is 11.1. The predicted octanol–water partition coefficient (Wildman–Crippen LogP) is 12.5. The summed E-state index contributed by atoms with van der Waals surface area (Å²) in [4.78, 5) is 4.71. The van der Waals surface area contributed by atoms with Gasteiger partial charge in [0.05, 0.1) is 11.3 Å². The van der Waals surface area contributed by atoms with Gasteiger partial charge in [0.2, 0.25) is 0 Å². The van der Waals surface area contributed by atoms with Crippen LogP contribution in [-0.2, 0) is 21.1 Å². The van der Waals surface area contributed by atoms with Gasteiger partial charge in [-0.15, -0.1) is 35.7 Å². The van der Waals surface area contributed by atoms with E-state index in [1.807, 2.05) is 115 Å². The molecular formula is C49H38N4O3Pt. The monoisotopic (exact) mass is 925 g/mol. The fraction of sp³-hybridized carbons (Fsp3) is 0.102. The summed E-state index contributed by atoms with van der Waals surface area (Å²) in [5.41, 5.74) is 9.26. The van der Waals surface area contributed by atoms with E-state index in [4.69, 9.17) is 24.3 Å². The molecule has 6 aromatic carbocycles. The van der Waals surface area contributed by atoms with E-state index < -0.39 is 0 Å². The minimum atomic E-state index is 0. The minimum absolute atomic E-state index is 0. The zero-order chi connectivity index (χ0) is 38.3. The van der Waals surface area contributed by atoms with Crippen molar-refractivity contribution >= 4 is 21.8 Å². The van der Waals surface area contributed by atoms with Crippen molar-refractivity contribution in [3.8, 4) is 57.1 Å². The molecule has 0 spiro atoms. The van der Waals surface area contributed by atoms with Gasteiger partial charge in [-0.3, -0.25) is 4.68 Å². The Morgan fingerprint density at radius 2 is 1.21 bits per heavy atom. The largest absolute Gasteiger partial charge is 2.00 e. The summed E-state index contributed by atoms with van der Waals surface area (Å²) in [7, 11) is 0. The van der Waals surface area contributed by atoms with E-state index in [9.17, 15) is 0 Å². The summed E-state index contributed by atoms with van der Waals surface area (Å²) in [5.74, 6) is 4.83. The van der Waals surface area contributed by atoms with Crippen LogP contribution < -0.4 is 14.2 Å². The van der Waals surface area contributed by atoms with E-state index in [1.54, 1.807) is 0 Å². The molecule has 3 aromatic heterocycles. The molecule has 0 radical (unpaired) electrons. The van der Waals surface area contributed by atoms with Crippen LogP contribution in [0.25, 0.3) is 44.4 Å². The van der Waals surface area contributed by atoms with E-state index in [0.717, 1.165) is 84.0 Å². The van der Waals surface area contributed by atoms with Crippen molar-refractivity contribution in [1.29, 1.82) is 0 Å². The van der Waals surface area contributed by atoms with Crippen molar-refractivity contribution in [2.45, 2.75) is 34.6 Å². The Hall–Kier alpha value is -6.43. The number of fused-ring (bicyclic) bond motifs is 3. The van der Waals surface area contributed by atoms with Gasteiger partial charge in [-0.05, 0) is 111 Å². The number of nitrogens with zero attached hydrogens (tertiary/aromatic N) is 4. The molecular weight excluding hydrogens is 888 g/mol. The molecule has 282 valence electrons. The van der Waals surface area contributed by atoms with Gasteiger partial charge in [-0.1, -0.05) is 60.1 Å². The van der Waals surface area contributed by atoms with Crippen LogP contribution in [0.3, 0.4) is 0 Å². The molecule has 0 aliphatic heterocycles. The molecule has 9 rings (SSSR count). The zero-order valence-corrected chi connectivity index (χ0v) is 34.4. The average molecular weight is 926 g/mol. The van der Waals surface area contributed by atoms with Crippen LogP contribution >= 0.6 is 0 Å². The quantitative estimate of drug-likeness (QED) is 0.135. The molecule has 8 heteroatoms. The number of ether oxygens (including phenoxy) is 3. The summed E-state index contributed by atoms with van der Waals surface area (Å²) in [6.45, 7) is 10.3. The standard InChI is InChI=1S/C49H38N4O3.Pt/c1-31-25-26-50-45(27-31)52-43-22-13-12-21-41(43)42-24-23-40(30-44(42)52)54-39-20-14-15-36(29-39)53-35(5)46(34(4)51-53)47-48(55-37-16-8-6-9-17-37)32(2)28-33(3)49(47)56-38-18-10-7-11-19-38;/h6-28H,1-5H3;/q-2;+2. The van der Waals surface area contributed by atoms with Crippen LogP contribution in [0.15, 0.2) is 140 Å². The molecule has 0 aliphatic rings. The number of benzene rings is 6. The number of rotatable bonds is 9. The Labute approximate surface area is 346 Å². The van der Waals surface area contributed by atoms with Gasteiger partial charge in [0.25, 0.3) is 0 Å². The van der Waals surface area contributed by atoms with Crippen LogP contribution in [0.1, 0.15) is 28.1 Å². The van der Waals surface area contributed by atoms with Crippen LogP contribution in [0.5, 0.6) is 34.5 Å². The smallest absolute Gasteiger partial charge is 0.509 e. The molecule has 0 amide bonds. The van der Waals surface area contributed by atoms with Crippen molar-refractivity contribution in [1.82, 2.24) is 19.3 Å². The van der Waals surface area contributed by atoms with E-state index in [2.05, 4.69) is 80.8 Å². The molecule has 7 nitrogen and oxygen atoms in total. The second-order valence-corrected chi connectivity index (χ2v) is 14.0. The first-order valence-corrected chi connectivity index (χ1v) is 18.6. The predicted molar refractivity (Wildman–Crippen MR) is 222 cm³/mol. The molecule has 57 heavy (non-hydrogen) atoms. The molecule has 9 aromatic rings. The van der Waals surface area contributed by atoms with Gasteiger partial charge in [0.1, 0.15) is 28.8 Å². The zero-order valence-electron chi connectivity index (χ0n) is 32.1. The Morgan fingerprint density at radius 3 is 1.89 bits per heavy atom. The number of aryl methyl sites for hydroxylation is 4. The van der Waals surface area contributed by atoms with Crippen molar-refractivity contribution in [2.24, 2.45) is 0 Å². The molecule has 0 bridgehead atoms. The SMILES string of the molecule is Cc1ccnc(-n2c3[c-]c(Oc4[c-]c(-n5nc(C)c(-c6c(Oc7ccccc7)c(C)cc(C)c6Oc6ccccc6)c5C)ccc4)ccc3c3ccccc32)c1.[Pt+2]. The van der Waals surface area contributed by atoms with Gasteiger partial charge >= 0.3 is 21.1 Å². The van der Waals surface area contributed by atoms with Crippen LogP contribution in [0.2, 0.25) is 0 Å². The second-order valence-electron chi connectivity index (χ2n) is 14.0.